The van der Waals surface area contributed by atoms with Gasteiger partial charge in [0.2, 0.25) is 0 Å². The SMILES string of the molecule is CC(C)n1cc(CNc2ccc(C#N)c(C#N)c2)cn1. The van der Waals surface area contributed by atoms with E-state index in [2.05, 4.69) is 24.3 Å². The van der Waals surface area contributed by atoms with Crippen LogP contribution in [-0.4, -0.2) is 9.78 Å². The quantitative estimate of drug-likeness (QED) is 0.922. The third kappa shape index (κ3) is 2.96. The molecule has 5 nitrogen and oxygen atoms in total. The summed E-state index contributed by atoms with van der Waals surface area (Å²) in [4.78, 5) is 0. The predicted molar refractivity (Wildman–Crippen MR) is 75.8 cm³/mol. The highest BCUT2D eigenvalue weighted by Gasteiger charge is 2.04. The van der Waals surface area contributed by atoms with Crippen LogP contribution in [0.3, 0.4) is 0 Å². The Morgan fingerprint density at radius 3 is 2.60 bits per heavy atom. The Morgan fingerprint density at radius 2 is 2.00 bits per heavy atom. The fraction of sp³-hybridized carbons (Fsp3) is 0.267. The normalized spacial score (nSPS) is 10.1. The van der Waals surface area contributed by atoms with Crippen LogP contribution < -0.4 is 5.32 Å². The maximum absolute atomic E-state index is 8.98. The lowest BCUT2D eigenvalue weighted by molar-refractivity contribution is 0.532. The highest BCUT2D eigenvalue weighted by Crippen LogP contribution is 2.16. The van der Waals surface area contributed by atoms with Crippen molar-refractivity contribution >= 4 is 5.69 Å². The van der Waals surface area contributed by atoms with E-state index >= 15 is 0 Å². The van der Waals surface area contributed by atoms with Gasteiger partial charge in [0.05, 0.1) is 17.3 Å². The minimum Gasteiger partial charge on any atom is -0.381 e. The zero-order valence-corrected chi connectivity index (χ0v) is 11.5. The van der Waals surface area contributed by atoms with Crippen LogP contribution in [-0.2, 0) is 6.54 Å². The lowest BCUT2D eigenvalue weighted by atomic mass is 10.1. The summed E-state index contributed by atoms with van der Waals surface area (Å²) < 4.78 is 1.90. The molecule has 0 aliphatic carbocycles. The van der Waals surface area contributed by atoms with Crippen molar-refractivity contribution in [2.75, 3.05) is 5.32 Å². The Labute approximate surface area is 118 Å². The van der Waals surface area contributed by atoms with Crippen LogP contribution in [0.25, 0.3) is 0 Å². The average molecular weight is 265 g/mol. The molecule has 0 amide bonds. The van der Waals surface area contributed by atoms with Crippen LogP contribution in [0.1, 0.15) is 36.6 Å². The first-order chi connectivity index (χ1) is 9.63. The number of hydrogen-bond donors (Lipinski definition) is 1. The highest BCUT2D eigenvalue weighted by atomic mass is 15.3. The van der Waals surface area contributed by atoms with Gasteiger partial charge in [-0.25, -0.2) is 0 Å². The number of nitrogens with zero attached hydrogens (tertiary/aromatic N) is 4. The largest absolute Gasteiger partial charge is 0.381 e. The molecule has 0 atom stereocenters. The Balaban J connectivity index is 2.07. The van der Waals surface area contributed by atoms with Crippen LogP contribution in [0, 0.1) is 22.7 Å². The average Bonchev–Trinajstić information content (AvgIpc) is 2.94. The molecule has 2 aromatic rings. The van der Waals surface area contributed by atoms with Gasteiger partial charge in [0.1, 0.15) is 12.1 Å². The first-order valence-electron chi connectivity index (χ1n) is 6.35. The molecule has 0 aliphatic rings. The monoisotopic (exact) mass is 265 g/mol. The van der Waals surface area contributed by atoms with Gasteiger partial charge in [-0.3, -0.25) is 4.68 Å². The third-order valence-electron chi connectivity index (χ3n) is 2.94. The molecule has 0 fully saturated rings. The standard InChI is InChI=1S/C15H15N5/c1-11(2)20-10-12(9-19-20)8-18-15-4-3-13(6-16)14(5-15)7-17/h3-5,9-11,18H,8H2,1-2H3. The van der Waals surface area contributed by atoms with E-state index in [9.17, 15) is 0 Å². The van der Waals surface area contributed by atoms with E-state index < -0.39 is 0 Å². The van der Waals surface area contributed by atoms with Crippen LogP contribution in [0.5, 0.6) is 0 Å². The molecule has 5 heteroatoms. The number of hydrogen-bond acceptors (Lipinski definition) is 4. The first-order valence-corrected chi connectivity index (χ1v) is 6.35. The minimum absolute atomic E-state index is 0.337. The molecule has 1 aromatic carbocycles. The van der Waals surface area contributed by atoms with Crippen molar-refractivity contribution in [3.05, 3.63) is 47.3 Å². The fourth-order valence-electron chi connectivity index (χ4n) is 1.80. The van der Waals surface area contributed by atoms with E-state index in [0.29, 0.717) is 23.7 Å². The van der Waals surface area contributed by atoms with Gasteiger partial charge in [0.25, 0.3) is 0 Å². The maximum atomic E-state index is 8.98. The second-order valence-electron chi connectivity index (χ2n) is 4.76. The number of rotatable bonds is 4. The summed E-state index contributed by atoms with van der Waals surface area (Å²) in [6.45, 7) is 4.78. The number of benzene rings is 1. The van der Waals surface area contributed by atoms with Gasteiger partial charge in [-0.05, 0) is 32.0 Å². The van der Waals surface area contributed by atoms with Gasteiger partial charge in [0.15, 0.2) is 0 Å². The third-order valence-corrected chi connectivity index (χ3v) is 2.94. The lowest BCUT2D eigenvalue weighted by Crippen LogP contribution is -2.01. The van der Waals surface area contributed by atoms with E-state index in [1.807, 2.05) is 29.2 Å². The van der Waals surface area contributed by atoms with Crippen molar-refractivity contribution in [2.45, 2.75) is 26.4 Å². The van der Waals surface area contributed by atoms with Gasteiger partial charge in [-0.1, -0.05) is 0 Å². The smallest absolute Gasteiger partial charge is 0.101 e. The summed E-state index contributed by atoms with van der Waals surface area (Å²) in [6, 6.07) is 9.50. The van der Waals surface area contributed by atoms with E-state index in [4.69, 9.17) is 10.5 Å². The maximum Gasteiger partial charge on any atom is 0.101 e. The second-order valence-corrected chi connectivity index (χ2v) is 4.76. The number of aromatic nitrogens is 2. The van der Waals surface area contributed by atoms with Crippen LogP contribution in [0.15, 0.2) is 30.6 Å². The van der Waals surface area contributed by atoms with Gasteiger partial charge in [0, 0.05) is 30.0 Å². The van der Waals surface area contributed by atoms with Crippen molar-refractivity contribution in [3.8, 4) is 12.1 Å². The molecular weight excluding hydrogens is 250 g/mol. The second kappa shape index (κ2) is 5.90. The molecule has 0 radical (unpaired) electrons. The Morgan fingerprint density at radius 1 is 1.25 bits per heavy atom. The molecule has 0 saturated heterocycles. The highest BCUT2D eigenvalue weighted by molar-refractivity contribution is 5.56. The molecule has 1 aromatic heterocycles. The lowest BCUT2D eigenvalue weighted by Gasteiger charge is -2.06. The molecule has 0 spiro atoms. The molecule has 100 valence electrons. The number of nitrogens with one attached hydrogen (secondary N) is 1. The molecule has 2 rings (SSSR count). The van der Waals surface area contributed by atoms with E-state index in [1.54, 1.807) is 18.2 Å². The van der Waals surface area contributed by atoms with Gasteiger partial charge < -0.3 is 5.32 Å². The van der Waals surface area contributed by atoms with Crippen molar-refractivity contribution in [1.29, 1.82) is 10.5 Å². The van der Waals surface area contributed by atoms with Crippen molar-refractivity contribution in [2.24, 2.45) is 0 Å². The number of anilines is 1. The summed E-state index contributed by atoms with van der Waals surface area (Å²) in [5, 5.41) is 25.3. The van der Waals surface area contributed by atoms with E-state index in [-0.39, 0.29) is 0 Å². The van der Waals surface area contributed by atoms with Gasteiger partial charge in [-0.2, -0.15) is 15.6 Å². The summed E-state index contributed by atoms with van der Waals surface area (Å²) in [7, 11) is 0. The molecule has 0 unspecified atom stereocenters. The van der Waals surface area contributed by atoms with E-state index in [0.717, 1.165) is 11.3 Å². The van der Waals surface area contributed by atoms with Gasteiger partial charge >= 0.3 is 0 Å². The van der Waals surface area contributed by atoms with Crippen LogP contribution >= 0.6 is 0 Å². The Bertz CT molecular complexity index is 685. The number of nitriles is 2. The minimum atomic E-state index is 0.337. The molecule has 0 bridgehead atoms. The molecule has 1 N–H and O–H groups in total. The molecular formula is C15H15N5. The Kier molecular flexibility index (Phi) is 4.02. The molecule has 20 heavy (non-hydrogen) atoms. The van der Waals surface area contributed by atoms with Crippen molar-refractivity contribution < 1.29 is 0 Å². The molecule has 0 saturated carbocycles. The predicted octanol–water partition coefficient (Wildman–Crippen LogP) is 2.82. The summed E-state index contributed by atoms with van der Waals surface area (Å²) in [5.41, 5.74) is 2.67. The van der Waals surface area contributed by atoms with Gasteiger partial charge in [-0.15, -0.1) is 0 Å². The molecule has 0 aliphatic heterocycles. The summed E-state index contributed by atoms with van der Waals surface area (Å²) in [5.74, 6) is 0. The van der Waals surface area contributed by atoms with Crippen LogP contribution in [0.4, 0.5) is 5.69 Å². The van der Waals surface area contributed by atoms with Crippen LogP contribution in [0.2, 0.25) is 0 Å². The zero-order valence-electron chi connectivity index (χ0n) is 11.5. The van der Waals surface area contributed by atoms with Crippen molar-refractivity contribution in [3.63, 3.8) is 0 Å². The van der Waals surface area contributed by atoms with E-state index in [1.165, 1.54) is 0 Å². The first kappa shape index (κ1) is 13.6. The topological polar surface area (TPSA) is 77.4 Å². The Hall–Kier alpha value is -2.79. The fourth-order valence-corrected chi connectivity index (χ4v) is 1.80. The zero-order chi connectivity index (χ0) is 14.5. The van der Waals surface area contributed by atoms with Crippen molar-refractivity contribution in [1.82, 2.24) is 9.78 Å². The summed E-state index contributed by atoms with van der Waals surface area (Å²) >= 11 is 0. The molecule has 1 heterocycles. The summed E-state index contributed by atoms with van der Waals surface area (Å²) in [6.07, 6.45) is 3.81.